The van der Waals surface area contributed by atoms with Crippen molar-refractivity contribution in [2.45, 2.75) is 13.1 Å². The average molecular weight is 496 g/mol. The van der Waals surface area contributed by atoms with Crippen LogP contribution in [0.4, 0.5) is 4.39 Å². The van der Waals surface area contributed by atoms with Crippen molar-refractivity contribution < 1.29 is 27.9 Å². The summed E-state index contributed by atoms with van der Waals surface area (Å²) in [7, 11) is 3.02. The van der Waals surface area contributed by atoms with Gasteiger partial charge in [-0.15, -0.1) is 11.3 Å². The van der Waals surface area contributed by atoms with E-state index in [0.29, 0.717) is 27.6 Å². The van der Waals surface area contributed by atoms with Gasteiger partial charge in [0.1, 0.15) is 11.6 Å². The minimum Gasteiger partial charge on any atom is -0.493 e. The number of aromatic nitrogens is 1. The number of halogens is 1. The lowest BCUT2D eigenvalue weighted by Gasteiger charge is -2.07. The fourth-order valence-corrected chi connectivity index (χ4v) is 3.98. The number of carbonyl (C=O) groups excluding carboxylic acids is 2. The summed E-state index contributed by atoms with van der Waals surface area (Å²) in [6, 6.07) is 14.0. The predicted molar refractivity (Wildman–Crippen MR) is 127 cm³/mol. The third kappa shape index (κ3) is 5.85. The number of ether oxygens (including phenoxy) is 2. The van der Waals surface area contributed by atoms with Crippen LogP contribution in [0.25, 0.3) is 0 Å². The van der Waals surface area contributed by atoms with Gasteiger partial charge in [-0.3, -0.25) is 9.59 Å². The molecule has 10 heteroatoms. The van der Waals surface area contributed by atoms with Crippen molar-refractivity contribution in [3.63, 3.8) is 0 Å². The highest BCUT2D eigenvalue weighted by molar-refractivity contribution is 7.07. The van der Waals surface area contributed by atoms with Crippen molar-refractivity contribution in [3.8, 4) is 11.5 Å². The molecule has 35 heavy (non-hydrogen) atoms. The molecule has 0 saturated heterocycles. The van der Waals surface area contributed by atoms with Crippen molar-refractivity contribution >= 4 is 23.2 Å². The van der Waals surface area contributed by atoms with Gasteiger partial charge in [0.05, 0.1) is 20.8 Å². The lowest BCUT2D eigenvalue weighted by Crippen LogP contribution is -2.22. The fraction of sp³-hybridized carbons (Fsp3) is 0.160. The highest BCUT2D eigenvalue weighted by atomic mass is 32.1. The van der Waals surface area contributed by atoms with Gasteiger partial charge in [0.2, 0.25) is 0 Å². The molecule has 2 aromatic heterocycles. The molecule has 1 N–H and O–H groups in total. The van der Waals surface area contributed by atoms with Crippen LogP contribution in [0, 0.1) is 5.82 Å². The molecule has 2 heterocycles. The SMILES string of the molecule is COc1ccc(C(=O)N=c2sccn2Cc2ccc(C(=O)NCc3ccc(F)cc3)o2)cc1OC. The van der Waals surface area contributed by atoms with E-state index >= 15 is 0 Å². The second-order valence-corrected chi connectivity index (χ2v) is 8.25. The van der Waals surface area contributed by atoms with Crippen LogP contribution in [0.15, 0.2) is 75.6 Å². The molecular formula is C25H22FN3O5S. The molecule has 4 aromatic rings. The summed E-state index contributed by atoms with van der Waals surface area (Å²) in [5, 5.41) is 4.54. The van der Waals surface area contributed by atoms with Crippen LogP contribution >= 0.6 is 11.3 Å². The summed E-state index contributed by atoms with van der Waals surface area (Å²) in [4.78, 5) is 29.8. The third-order valence-corrected chi connectivity index (χ3v) is 5.86. The van der Waals surface area contributed by atoms with Gasteiger partial charge < -0.3 is 23.8 Å². The van der Waals surface area contributed by atoms with Crippen LogP contribution in [-0.2, 0) is 13.1 Å². The molecule has 0 fully saturated rings. The summed E-state index contributed by atoms with van der Waals surface area (Å²) in [6.07, 6.45) is 1.78. The molecule has 0 aliphatic heterocycles. The lowest BCUT2D eigenvalue weighted by atomic mass is 10.2. The van der Waals surface area contributed by atoms with Crippen LogP contribution in [-0.4, -0.2) is 30.6 Å². The van der Waals surface area contributed by atoms with Crippen molar-refractivity contribution in [1.82, 2.24) is 9.88 Å². The Labute approximate surface area is 204 Å². The van der Waals surface area contributed by atoms with Gasteiger partial charge in [0, 0.05) is 23.7 Å². The van der Waals surface area contributed by atoms with Gasteiger partial charge >= 0.3 is 0 Å². The molecule has 0 spiro atoms. The minimum atomic E-state index is -0.428. The molecule has 2 aromatic carbocycles. The first-order chi connectivity index (χ1) is 17.0. The molecule has 0 radical (unpaired) electrons. The Kier molecular flexibility index (Phi) is 7.41. The molecule has 0 saturated carbocycles. The zero-order valence-electron chi connectivity index (χ0n) is 19.0. The summed E-state index contributed by atoms with van der Waals surface area (Å²) in [5.74, 6) is 0.484. The zero-order valence-corrected chi connectivity index (χ0v) is 19.8. The van der Waals surface area contributed by atoms with E-state index < -0.39 is 5.91 Å². The van der Waals surface area contributed by atoms with Crippen LogP contribution in [0.2, 0.25) is 0 Å². The van der Waals surface area contributed by atoms with E-state index in [1.165, 1.54) is 37.7 Å². The van der Waals surface area contributed by atoms with Crippen LogP contribution < -0.4 is 19.6 Å². The first-order valence-electron chi connectivity index (χ1n) is 10.5. The van der Waals surface area contributed by atoms with Gasteiger partial charge in [-0.2, -0.15) is 4.99 Å². The van der Waals surface area contributed by atoms with Crippen LogP contribution in [0.5, 0.6) is 11.5 Å². The number of benzene rings is 2. The number of amides is 2. The quantitative estimate of drug-likeness (QED) is 0.399. The van der Waals surface area contributed by atoms with E-state index in [2.05, 4.69) is 10.3 Å². The van der Waals surface area contributed by atoms with E-state index in [1.807, 2.05) is 0 Å². The average Bonchev–Trinajstić information content (AvgIpc) is 3.53. The predicted octanol–water partition coefficient (Wildman–Crippen LogP) is 4.02. The largest absolute Gasteiger partial charge is 0.493 e. The minimum absolute atomic E-state index is 0.151. The number of hydrogen-bond acceptors (Lipinski definition) is 6. The number of carbonyl (C=O) groups is 2. The molecule has 180 valence electrons. The maximum atomic E-state index is 13.0. The Hall–Kier alpha value is -4.18. The maximum absolute atomic E-state index is 13.0. The van der Waals surface area contributed by atoms with Crippen LogP contribution in [0.1, 0.15) is 32.2 Å². The smallest absolute Gasteiger partial charge is 0.287 e. The molecule has 0 aliphatic rings. The van der Waals surface area contributed by atoms with Crippen molar-refractivity contribution in [2.75, 3.05) is 14.2 Å². The highest BCUT2D eigenvalue weighted by Crippen LogP contribution is 2.27. The van der Waals surface area contributed by atoms with Gasteiger partial charge in [-0.05, 0) is 48.0 Å². The fourth-order valence-electron chi connectivity index (χ4n) is 3.25. The number of methoxy groups -OCH3 is 2. The van der Waals surface area contributed by atoms with Gasteiger partial charge in [0.15, 0.2) is 22.1 Å². The Morgan fingerprint density at radius 1 is 1.06 bits per heavy atom. The summed E-state index contributed by atoms with van der Waals surface area (Å²) in [6.45, 7) is 0.530. The Bertz CT molecular complexity index is 1400. The van der Waals surface area contributed by atoms with Crippen LogP contribution in [0.3, 0.4) is 0 Å². The standard InChI is InChI=1S/C25H22FN3O5S/c1-32-20-9-5-17(13-22(20)33-2)23(30)28-25-29(11-12-35-25)15-19-8-10-21(34-19)24(31)27-14-16-3-6-18(26)7-4-16/h3-13H,14-15H2,1-2H3,(H,27,31). The van der Waals surface area contributed by atoms with Crippen molar-refractivity contribution in [2.24, 2.45) is 4.99 Å². The molecular weight excluding hydrogens is 473 g/mol. The molecule has 0 unspecified atom stereocenters. The molecule has 0 aliphatic carbocycles. The molecule has 8 nitrogen and oxygen atoms in total. The second kappa shape index (κ2) is 10.8. The van der Waals surface area contributed by atoms with E-state index in [1.54, 1.807) is 58.6 Å². The van der Waals surface area contributed by atoms with Crippen molar-refractivity contribution in [1.29, 1.82) is 0 Å². The number of hydrogen-bond donors (Lipinski definition) is 1. The molecule has 0 atom stereocenters. The summed E-state index contributed by atoms with van der Waals surface area (Å²) < 4.78 is 30.9. The Balaban J connectivity index is 1.44. The maximum Gasteiger partial charge on any atom is 0.287 e. The number of thiazole rings is 1. The van der Waals surface area contributed by atoms with Gasteiger partial charge in [-0.1, -0.05) is 12.1 Å². The number of furan rings is 1. The van der Waals surface area contributed by atoms with E-state index in [-0.39, 0.29) is 30.6 Å². The molecule has 4 rings (SSSR count). The highest BCUT2D eigenvalue weighted by Gasteiger charge is 2.13. The zero-order chi connectivity index (χ0) is 24.8. The van der Waals surface area contributed by atoms with E-state index in [0.717, 1.165) is 5.56 Å². The summed E-state index contributed by atoms with van der Waals surface area (Å²) >= 11 is 1.30. The Morgan fingerprint density at radius 3 is 2.57 bits per heavy atom. The Morgan fingerprint density at radius 2 is 1.83 bits per heavy atom. The molecule has 0 bridgehead atoms. The number of nitrogens with zero attached hydrogens (tertiary/aromatic N) is 2. The first-order valence-corrected chi connectivity index (χ1v) is 11.4. The van der Waals surface area contributed by atoms with E-state index in [4.69, 9.17) is 13.9 Å². The second-order valence-electron chi connectivity index (χ2n) is 7.38. The first kappa shape index (κ1) is 24.0. The molecule has 2 amide bonds. The summed E-state index contributed by atoms with van der Waals surface area (Å²) in [5.41, 5.74) is 1.13. The number of nitrogens with one attached hydrogen (secondary N) is 1. The normalized spacial score (nSPS) is 11.3. The topological polar surface area (TPSA) is 95.1 Å². The van der Waals surface area contributed by atoms with E-state index in [9.17, 15) is 14.0 Å². The number of rotatable bonds is 8. The third-order valence-electron chi connectivity index (χ3n) is 5.07. The monoisotopic (exact) mass is 495 g/mol. The lowest BCUT2D eigenvalue weighted by molar-refractivity contribution is 0.0920. The van der Waals surface area contributed by atoms with Crippen molar-refractivity contribution in [3.05, 3.63) is 99.4 Å². The van der Waals surface area contributed by atoms with Gasteiger partial charge in [-0.25, -0.2) is 4.39 Å². The van der Waals surface area contributed by atoms with Gasteiger partial charge in [0.25, 0.3) is 11.8 Å².